The van der Waals surface area contributed by atoms with Gasteiger partial charge < -0.3 is 9.88 Å². The van der Waals surface area contributed by atoms with Gasteiger partial charge in [-0.3, -0.25) is 0 Å². The van der Waals surface area contributed by atoms with Gasteiger partial charge in [0.15, 0.2) is 0 Å². The summed E-state index contributed by atoms with van der Waals surface area (Å²) in [5, 5.41) is 3.48. The smallest absolute Gasteiger partial charge is 0.0359 e. The maximum atomic E-state index is 3.48. The Morgan fingerprint density at radius 1 is 1.40 bits per heavy atom. The standard InChI is InChI=1S/C13H24N2/c1-4-5-8-15-9-6-7-13(15)11-14-10-12(2)3/h6-7,9,12,14H,4-5,8,10-11H2,1-3H3. The first kappa shape index (κ1) is 12.3. The molecule has 0 unspecified atom stereocenters. The lowest BCUT2D eigenvalue weighted by Crippen LogP contribution is -2.20. The largest absolute Gasteiger partial charge is 0.350 e. The fourth-order valence-electron chi connectivity index (χ4n) is 1.65. The molecule has 2 nitrogen and oxygen atoms in total. The van der Waals surface area contributed by atoms with E-state index < -0.39 is 0 Å². The Hall–Kier alpha value is -0.760. The molecule has 0 saturated carbocycles. The van der Waals surface area contributed by atoms with Gasteiger partial charge in [-0.15, -0.1) is 0 Å². The summed E-state index contributed by atoms with van der Waals surface area (Å²) in [4.78, 5) is 0. The molecule has 15 heavy (non-hydrogen) atoms. The first-order valence-electron chi connectivity index (χ1n) is 6.08. The molecule has 0 aliphatic heterocycles. The normalized spacial score (nSPS) is 11.2. The number of hydrogen-bond acceptors (Lipinski definition) is 1. The van der Waals surface area contributed by atoms with Crippen LogP contribution in [0.5, 0.6) is 0 Å². The molecule has 2 heteroatoms. The summed E-state index contributed by atoms with van der Waals surface area (Å²) in [5.41, 5.74) is 1.41. The minimum Gasteiger partial charge on any atom is -0.350 e. The van der Waals surface area contributed by atoms with Crippen molar-refractivity contribution >= 4 is 0 Å². The molecule has 0 aromatic carbocycles. The van der Waals surface area contributed by atoms with Crippen LogP contribution in [0.4, 0.5) is 0 Å². The maximum Gasteiger partial charge on any atom is 0.0359 e. The van der Waals surface area contributed by atoms with E-state index >= 15 is 0 Å². The second-order valence-electron chi connectivity index (χ2n) is 4.57. The van der Waals surface area contributed by atoms with Crippen LogP contribution >= 0.6 is 0 Å². The number of nitrogens with zero attached hydrogens (tertiary/aromatic N) is 1. The molecular formula is C13H24N2. The first-order chi connectivity index (χ1) is 7.24. The zero-order chi connectivity index (χ0) is 11.1. The van der Waals surface area contributed by atoms with Crippen molar-refractivity contribution in [2.75, 3.05) is 6.54 Å². The molecule has 0 radical (unpaired) electrons. The summed E-state index contributed by atoms with van der Waals surface area (Å²) in [5.74, 6) is 0.726. The maximum absolute atomic E-state index is 3.48. The van der Waals surface area contributed by atoms with E-state index in [1.54, 1.807) is 0 Å². The highest BCUT2D eigenvalue weighted by molar-refractivity contribution is 5.06. The number of unbranched alkanes of at least 4 members (excludes halogenated alkanes) is 1. The average Bonchev–Trinajstić information content (AvgIpc) is 2.62. The van der Waals surface area contributed by atoms with Crippen molar-refractivity contribution in [2.45, 2.75) is 46.7 Å². The van der Waals surface area contributed by atoms with Gasteiger partial charge >= 0.3 is 0 Å². The highest BCUT2D eigenvalue weighted by Crippen LogP contribution is 2.04. The lowest BCUT2D eigenvalue weighted by Gasteiger charge is -2.11. The zero-order valence-corrected chi connectivity index (χ0v) is 10.3. The fraction of sp³-hybridized carbons (Fsp3) is 0.692. The molecule has 0 saturated heterocycles. The fourth-order valence-corrected chi connectivity index (χ4v) is 1.65. The summed E-state index contributed by atoms with van der Waals surface area (Å²) in [7, 11) is 0. The van der Waals surface area contributed by atoms with Crippen molar-refractivity contribution in [3.05, 3.63) is 24.0 Å². The van der Waals surface area contributed by atoms with Gasteiger partial charge in [-0.05, 0) is 31.0 Å². The molecule has 0 aliphatic rings. The molecule has 0 spiro atoms. The molecule has 0 bridgehead atoms. The lowest BCUT2D eigenvalue weighted by molar-refractivity contribution is 0.528. The Morgan fingerprint density at radius 3 is 2.87 bits per heavy atom. The molecule has 86 valence electrons. The van der Waals surface area contributed by atoms with Gasteiger partial charge in [0, 0.05) is 25.0 Å². The van der Waals surface area contributed by atoms with Gasteiger partial charge in [-0.1, -0.05) is 27.2 Å². The lowest BCUT2D eigenvalue weighted by atomic mass is 10.2. The van der Waals surface area contributed by atoms with Crippen molar-refractivity contribution in [2.24, 2.45) is 5.92 Å². The highest BCUT2D eigenvalue weighted by atomic mass is 15.0. The van der Waals surface area contributed by atoms with Gasteiger partial charge in [-0.25, -0.2) is 0 Å². The molecule has 1 aromatic heterocycles. The van der Waals surface area contributed by atoms with Gasteiger partial charge in [0.25, 0.3) is 0 Å². The SMILES string of the molecule is CCCCn1cccc1CNCC(C)C. The quantitative estimate of drug-likeness (QED) is 0.729. The minimum absolute atomic E-state index is 0.726. The summed E-state index contributed by atoms with van der Waals surface area (Å²) in [6.07, 6.45) is 4.71. The molecule has 1 heterocycles. The second kappa shape index (κ2) is 6.67. The molecule has 0 amide bonds. The monoisotopic (exact) mass is 208 g/mol. The summed E-state index contributed by atoms with van der Waals surface area (Å²) >= 11 is 0. The molecule has 0 atom stereocenters. The van der Waals surface area contributed by atoms with Crippen LogP contribution in [-0.2, 0) is 13.1 Å². The molecule has 1 aromatic rings. The van der Waals surface area contributed by atoms with E-state index in [1.165, 1.54) is 18.5 Å². The Balaban J connectivity index is 2.35. The van der Waals surface area contributed by atoms with Crippen molar-refractivity contribution in [1.29, 1.82) is 0 Å². The van der Waals surface area contributed by atoms with Gasteiger partial charge in [0.1, 0.15) is 0 Å². The van der Waals surface area contributed by atoms with E-state index in [1.807, 2.05) is 0 Å². The molecular weight excluding hydrogens is 184 g/mol. The predicted molar refractivity (Wildman–Crippen MR) is 65.9 cm³/mol. The third kappa shape index (κ3) is 4.52. The number of rotatable bonds is 7. The van der Waals surface area contributed by atoms with Gasteiger partial charge in [-0.2, -0.15) is 0 Å². The summed E-state index contributed by atoms with van der Waals surface area (Å²) in [6.45, 7) is 9.96. The Morgan fingerprint density at radius 2 is 2.20 bits per heavy atom. The topological polar surface area (TPSA) is 17.0 Å². The van der Waals surface area contributed by atoms with Crippen molar-refractivity contribution < 1.29 is 0 Å². The van der Waals surface area contributed by atoms with Crippen LogP contribution in [-0.4, -0.2) is 11.1 Å². The summed E-state index contributed by atoms with van der Waals surface area (Å²) in [6, 6.07) is 4.35. The number of hydrogen-bond donors (Lipinski definition) is 1. The minimum atomic E-state index is 0.726. The molecule has 0 fully saturated rings. The Bertz CT molecular complexity index is 263. The average molecular weight is 208 g/mol. The van der Waals surface area contributed by atoms with Crippen LogP contribution in [0, 0.1) is 5.92 Å². The van der Waals surface area contributed by atoms with Gasteiger partial charge in [0.05, 0.1) is 0 Å². The Labute approximate surface area is 93.7 Å². The zero-order valence-electron chi connectivity index (χ0n) is 10.3. The van der Waals surface area contributed by atoms with E-state index in [2.05, 4.69) is 49.0 Å². The van der Waals surface area contributed by atoms with Crippen LogP contribution in [0.2, 0.25) is 0 Å². The number of aryl methyl sites for hydroxylation is 1. The van der Waals surface area contributed by atoms with E-state index in [-0.39, 0.29) is 0 Å². The molecule has 0 aliphatic carbocycles. The first-order valence-corrected chi connectivity index (χ1v) is 6.08. The van der Waals surface area contributed by atoms with Crippen LogP contribution in [0.25, 0.3) is 0 Å². The van der Waals surface area contributed by atoms with E-state index in [0.29, 0.717) is 0 Å². The second-order valence-corrected chi connectivity index (χ2v) is 4.57. The third-order valence-corrected chi connectivity index (χ3v) is 2.53. The highest BCUT2D eigenvalue weighted by Gasteiger charge is 2.00. The molecule has 1 N–H and O–H groups in total. The Kier molecular flexibility index (Phi) is 5.48. The molecule has 1 rings (SSSR count). The third-order valence-electron chi connectivity index (χ3n) is 2.53. The van der Waals surface area contributed by atoms with Crippen LogP contribution in [0.15, 0.2) is 18.3 Å². The predicted octanol–water partition coefficient (Wildman–Crippen LogP) is 3.03. The number of aromatic nitrogens is 1. The van der Waals surface area contributed by atoms with Crippen molar-refractivity contribution in [3.63, 3.8) is 0 Å². The van der Waals surface area contributed by atoms with Crippen LogP contribution in [0.3, 0.4) is 0 Å². The number of nitrogens with one attached hydrogen (secondary N) is 1. The van der Waals surface area contributed by atoms with Gasteiger partial charge in [0.2, 0.25) is 0 Å². The van der Waals surface area contributed by atoms with Crippen LogP contribution in [0.1, 0.15) is 39.3 Å². The van der Waals surface area contributed by atoms with E-state index in [0.717, 1.165) is 25.6 Å². The van der Waals surface area contributed by atoms with Crippen molar-refractivity contribution in [1.82, 2.24) is 9.88 Å². The van der Waals surface area contributed by atoms with Crippen LogP contribution < -0.4 is 5.32 Å². The van der Waals surface area contributed by atoms with E-state index in [9.17, 15) is 0 Å². The summed E-state index contributed by atoms with van der Waals surface area (Å²) < 4.78 is 2.36. The van der Waals surface area contributed by atoms with E-state index in [4.69, 9.17) is 0 Å². The van der Waals surface area contributed by atoms with Crippen molar-refractivity contribution in [3.8, 4) is 0 Å².